The Labute approximate surface area is 210 Å². The van der Waals surface area contributed by atoms with Crippen molar-refractivity contribution in [3.8, 4) is 23.7 Å². The van der Waals surface area contributed by atoms with Crippen LogP contribution in [0.5, 0.6) is 0 Å². The van der Waals surface area contributed by atoms with Crippen LogP contribution in [0.25, 0.3) is 0 Å². The zero-order valence-corrected chi connectivity index (χ0v) is 20.2. The lowest BCUT2D eigenvalue weighted by Crippen LogP contribution is -2.46. The Kier molecular flexibility index (Phi) is 7.25. The molecule has 188 valence electrons. The number of carbonyl (C=O) groups excluding carboxylic acids is 3. The van der Waals surface area contributed by atoms with E-state index >= 15 is 0 Å². The highest BCUT2D eigenvalue weighted by Crippen LogP contribution is 2.33. The second kappa shape index (κ2) is 10.7. The molecule has 0 unspecified atom stereocenters. The maximum atomic E-state index is 13.5. The first kappa shape index (κ1) is 24.3. The fraction of sp³-hybridized carbons (Fsp3) is 0.536. The number of alkyl halides is 1. The molecule has 2 aliphatic heterocycles. The molecule has 0 bridgehead atoms. The molecule has 0 spiro atoms. The van der Waals surface area contributed by atoms with Crippen LogP contribution in [-0.2, 0) is 9.59 Å². The largest absolute Gasteiger partial charge is 0.350 e. The summed E-state index contributed by atoms with van der Waals surface area (Å²) in [5.41, 5.74) is 1.31. The van der Waals surface area contributed by atoms with Gasteiger partial charge in [0.05, 0.1) is 12.1 Å². The molecule has 4 aliphatic rings. The summed E-state index contributed by atoms with van der Waals surface area (Å²) in [6.45, 7) is 0.895. The molecule has 4 fully saturated rings. The van der Waals surface area contributed by atoms with Crippen molar-refractivity contribution < 1.29 is 18.8 Å². The van der Waals surface area contributed by atoms with Gasteiger partial charge < -0.3 is 20.9 Å². The fourth-order valence-corrected chi connectivity index (χ4v) is 4.73. The highest BCUT2D eigenvalue weighted by molar-refractivity contribution is 5.94. The van der Waals surface area contributed by atoms with E-state index in [2.05, 4.69) is 39.6 Å². The number of nitrogens with one attached hydrogen (secondary N) is 3. The van der Waals surface area contributed by atoms with Gasteiger partial charge >= 0.3 is 0 Å². The van der Waals surface area contributed by atoms with Crippen molar-refractivity contribution in [3.05, 3.63) is 35.4 Å². The number of halogens is 1. The molecule has 2 heterocycles. The number of rotatable bonds is 6. The van der Waals surface area contributed by atoms with Crippen LogP contribution < -0.4 is 16.0 Å². The SMILES string of the molecule is O=C(NC[C@H]1C[C@@H](NC(=O)[C@@H]2C[C@H](F)CN2)CN1C(=O)C1CC1)c1ccc(C#CC#CC2CC2)cc1. The smallest absolute Gasteiger partial charge is 0.251 e. The van der Waals surface area contributed by atoms with Crippen LogP contribution in [0.15, 0.2) is 24.3 Å². The minimum atomic E-state index is -1.01. The van der Waals surface area contributed by atoms with Crippen LogP contribution in [-0.4, -0.2) is 66.6 Å². The van der Waals surface area contributed by atoms with E-state index in [1.807, 2.05) is 0 Å². The van der Waals surface area contributed by atoms with Gasteiger partial charge in [0, 0.05) is 55.1 Å². The molecule has 0 radical (unpaired) electrons. The molecule has 5 rings (SSSR count). The van der Waals surface area contributed by atoms with Crippen molar-refractivity contribution in [2.24, 2.45) is 11.8 Å². The molecule has 2 saturated heterocycles. The maximum absolute atomic E-state index is 13.5. The van der Waals surface area contributed by atoms with Gasteiger partial charge in [0.15, 0.2) is 0 Å². The highest BCUT2D eigenvalue weighted by Gasteiger charge is 2.42. The summed E-state index contributed by atoms with van der Waals surface area (Å²) in [5.74, 6) is 12.0. The lowest BCUT2D eigenvalue weighted by molar-refractivity contribution is -0.133. The van der Waals surface area contributed by atoms with Gasteiger partial charge in [0.1, 0.15) is 6.17 Å². The molecule has 3 N–H and O–H groups in total. The van der Waals surface area contributed by atoms with Gasteiger partial charge in [0.2, 0.25) is 11.8 Å². The van der Waals surface area contributed by atoms with Crippen molar-refractivity contribution in [2.75, 3.05) is 19.6 Å². The third kappa shape index (κ3) is 6.25. The number of carbonyl (C=O) groups is 3. The Morgan fingerprint density at radius 3 is 2.50 bits per heavy atom. The topological polar surface area (TPSA) is 90.5 Å². The number of benzene rings is 1. The Bertz CT molecular complexity index is 1140. The van der Waals surface area contributed by atoms with Gasteiger partial charge in [0.25, 0.3) is 5.91 Å². The Hall–Kier alpha value is -3.36. The molecule has 36 heavy (non-hydrogen) atoms. The molecule has 8 heteroatoms. The predicted molar refractivity (Wildman–Crippen MR) is 132 cm³/mol. The quantitative estimate of drug-likeness (QED) is 0.526. The second-order valence-corrected chi connectivity index (χ2v) is 10.2. The van der Waals surface area contributed by atoms with Gasteiger partial charge in [-0.15, -0.1) is 0 Å². The lowest BCUT2D eigenvalue weighted by Gasteiger charge is -2.25. The molecule has 2 aliphatic carbocycles. The highest BCUT2D eigenvalue weighted by atomic mass is 19.1. The molecule has 0 aromatic heterocycles. The Balaban J connectivity index is 1.15. The van der Waals surface area contributed by atoms with Crippen LogP contribution in [0.3, 0.4) is 0 Å². The van der Waals surface area contributed by atoms with Crippen molar-refractivity contribution in [2.45, 2.75) is 62.8 Å². The summed E-state index contributed by atoms with van der Waals surface area (Å²) in [4.78, 5) is 40.0. The van der Waals surface area contributed by atoms with Gasteiger partial charge in [-0.2, -0.15) is 0 Å². The van der Waals surface area contributed by atoms with Gasteiger partial charge in [-0.3, -0.25) is 14.4 Å². The van der Waals surface area contributed by atoms with E-state index in [-0.39, 0.29) is 48.7 Å². The Morgan fingerprint density at radius 1 is 1.06 bits per heavy atom. The van der Waals surface area contributed by atoms with E-state index in [1.54, 1.807) is 29.2 Å². The lowest BCUT2D eigenvalue weighted by atomic mass is 10.1. The average molecular weight is 491 g/mol. The molecule has 4 atom stereocenters. The molecular formula is C28H31FN4O3. The van der Waals surface area contributed by atoms with Crippen LogP contribution in [0.1, 0.15) is 54.4 Å². The molecule has 7 nitrogen and oxygen atoms in total. The standard InChI is InChI=1S/C28H31FN4O3/c29-22-13-25(30-15-22)27(35)32-23-14-24(33(17-23)28(36)21-11-12-21)16-31-26(34)20-9-7-19(8-10-20)4-2-1-3-18-5-6-18/h7-10,18,21-25,30H,5-6,11-17H2,(H,31,34)(H,32,35)/t22-,23+,24+,25-/m0/s1. The molecule has 1 aromatic carbocycles. The number of likely N-dealkylation sites (tertiary alicyclic amines) is 1. The molecular weight excluding hydrogens is 459 g/mol. The van der Waals surface area contributed by atoms with Gasteiger partial charge in [-0.25, -0.2) is 4.39 Å². The maximum Gasteiger partial charge on any atom is 0.251 e. The van der Waals surface area contributed by atoms with Crippen LogP contribution in [0, 0.1) is 35.5 Å². The Morgan fingerprint density at radius 2 is 1.83 bits per heavy atom. The van der Waals surface area contributed by atoms with E-state index in [0.29, 0.717) is 31.0 Å². The molecule has 2 saturated carbocycles. The van der Waals surface area contributed by atoms with Gasteiger partial charge in [-0.05, 0) is 68.2 Å². The summed E-state index contributed by atoms with van der Waals surface area (Å²) in [6, 6.07) is 6.09. The third-order valence-electron chi connectivity index (χ3n) is 7.13. The first-order chi connectivity index (χ1) is 17.5. The normalized spacial score (nSPS) is 26.9. The van der Waals surface area contributed by atoms with Gasteiger partial charge in [-0.1, -0.05) is 11.8 Å². The monoisotopic (exact) mass is 490 g/mol. The predicted octanol–water partition coefficient (Wildman–Crippen LogP) is 1.38. The number of nitrogens with zero attached hydrogens (tertiary/aromatic N) is 1. The zero-order valence-electron chi connectivity index (χ0n) is 20.2. The first-order valence-corrected chi connectivity index (χ1v) is 12.8. The molecule has 3 amide bonds. The van der Waals surface area contributed by atoms with E-state index in [0.717, 1.165) is 18.4 Å². The number of hydrogen-bond donors (Lipinski definition) is 3. The summed E-state index contributed by atoms with van der Waals surface area (Å²) in [6.07, 6.45) is 3.81. The minimum absolute atomic E-state index is 0.0454. The summed E-state index contributed by atoms with van der Waals surface area (Å²) >= 11 is 0. The van der Waals surface area contributed by atoms with Crippen LogP contribution in [0.4, 0.5) is 4.39 Å². The van der Waals surface area contributed by atoms with E-state index < -0.39 is 12.2 Å². The zero-order chi connectivity index (χ0) is 25.1. The molecule has 1 aromatic rings. The third-order valence-corrected chi connectivity index (χ3v) is 7.13. The van der Waals surface area contributed by atoms with Crippen molar-refractivity contribution >= 4 is 17.7 Å². The number of amides is 3. The summed E-state index contributed by atoms with van der Waals surface area (Å²) in [5, 5.41) is 8.82. The van der Waals surface area contributed by atoms with Crippen LogP contribution >= 0.6 is 0 Å². The van der Waals surface area contributed by atoms with Crippen molar-refractivity contribution in [1.82, 2.24) is 20.9 Å². The van der Waals surface area contributed by atoms with Crippen LogP contribution in [0.2, 0.25) is 0 Å². The van der Waals surface area contributed by atoms with E-state index in [9.17, 15) is 18.8 Å². The number of hydrogen-bond acceptors (Lipinski definition) is 4. The van der Waals surface area contributed by atoms with Crippen molar-refractivity contribution in [3.63, 3.8) is 0 Å². The second-order valence-electron chi connectivity index (χ2n) is 10.2. The van der Waals surface area contributed by atoms with Crippen molar-refractivity contribution in [1.29, 1.82) is 0 Å². The summed E-state index contributed by atoms with van der Waals surface area (Å²) in [7, 11) is 0. The van der Waals surface area contributed by atoms with E-state index in [4.69, 9.17) is 0 Å². The van der Waals surface area contributed by atoms with E-state index in [1.165, 1.54) is 12.8 Å². The first-order valence-electron chi connectivity index (χ1n) is 12.8. The fourth-order valence-electron chi connectivity index (χ4n) is 4.73. The summed E-state index contributed by atoms with van der Waals surface area (Å²) < 4.78 is 13.5. The average Bonchev–Trinajstić information content (AvgIpc) is 3.81. The minimum Gasteiger partial charge on any atom is -0.350 e.